The number of hydrogen-bond acceptors (Lipinski definition) is 3. The summed E-state index contributed by atoms with van der Waals surface area (Å²) in [4.78, 5) is 29.6. The topological polar surface area (TPSA) is 70.3 Å². The van der Waals surface area contributed by atoms with E-state index >= 15 is 0 Å². The van der Waals surface area contributed by atoms with Crippen molar-refractivity contribution in [2.75, 3.05) is 64.1 Å². The van der Waals surface area contributed by atoms with Gasteiger partial charge in [0.05, 0.1) is 13.6 Å². The summed E-state index contributed by atoms with van der Waals surface area (Å²) in [5.74, 6) is -2.00. The van der Waals surface area contributed by atoms with E-state index in [1.807, 2.05) is 19.0 Å². The molecule has 0 spiro atoms. The molecule has 0 aliphatic carbocycles. The van der Waals surface area contributed by atoms with Crippen molar-refractivity contribution in [3.8, 4) is 0 Å². The van der Waals surface area contributed by atoms with Crippen molar-refractivity contribution in [2.45, 2.75) is 6.04 Å². The summed E-state index contributed by atoms with van der Waals surface area (Å²) in [6.45, 7) is 4.48. The van der Waals surface area contributed by atoms with Crippen LogP contribution in [-0.4, -0.2) is 65.7 Å². The molecule has 2 amide bonds. The zero-order valence-electron chi connectivity index (χ0n) is 18.4. The average Bonchev–Trinajstić information content (AvgIpc) is 2.75. The number of quaternary nitrogens is 2. The Labute approximate surface area is 182 Å². The Morgan fingerprint density at radius 2 is 1.71 bits per heavy atom. The maximum absolute atomic E-state index is 13.3. The number of rotatable bonds is 6. The van der Waals surface area contributed by atoms with Gasteiger partial charge in [-0.1, -0.05) is 18.2 Å². The minimum Gasteiger partial charge on any atom is -0.378 e. The zero-order valence-corrected chi connectivity index (χ0v) is 18.4. The molecule has 0 unspecified atom stereocenters. The highest BCUT2D eigenvalue weighted by atomic mass is 19.1. The first-order valence-corrected chi connectivity index (χ1v) is 10.6. The van der Waals surface area contributed by atoms with Crippen LogP contribution < -0.4 is 25.3 Å². The maximum Gasteiger partial charge on any atom is 0.313 e. The van der Waals surface area contributed by atoms with Crippen molar-refractivity contribution in [1.29, 1.82) is 0 Å². The van der Waals surface area contributed by atoms with Crippen LogP contribution >= 0.6 is 0 Å². The number of nitrogens with zero attached hydrogens (tertiary/aromatic N) is 1. The summed E-state index contributed by atoms with van der Waals surface area (Å²) in [5.41, 5.74) is 2.49. The molecule has 0 radical (unpaired) electrons. The van der Waals surface area contributed by atoms with Gasteiger partial charge in [-0.15, -0.1) is 0 Å². The molecule has 31 heavy (non-hydrogen) atoms. The first-order valence-electron chi connectivity index (χ1n) is 10.6. The fraction of sp³-hybridized carbons (Fsp3) is 0.391. The van der Waals surface area contributed by atoms with Crippen molar-refractivity contribution in [3.63, 3.8) is 0 Å². The predicted octanol–water partition coefficient (Wildman–Crippen LogP) is -0.899. The minimum atomic E-state index is -0.801. The Hall–Kier alpha value is -2.97. The molecule has 4 N–H and O–H groups in total. The fourth-order valence-electron chi connectivity index (χ4n) is 3.88. The number of nitrogens with one attached hydrogen (secondary N) is 4. The number of piperazine rings is 1. The molecule has 1 heterocycles. The monoisotopic (exact) mass is 429 g/mol. The van der Waals surface area contributed by atoms with Crippen molar-refractivity contribution in [2.24, 2.45) is 0 Å². The molecule has 2 aromatic rings. The zero-order chi connectivity index (χ0) is 22.4. The second-order valence-corrected chi connectivity index (χ2v) is 8.33. The number of halogens is 1. The van der Waals surface area contributed by atoms with Crippen LogP contribution in [0.2, 0.25) is 0 Å². The highest BCUT2D eigenvalue weighted by Crippen LogP contribution is 2.16. The van der Waals surface area contributed by atoms with Gasteiger partial charge in [0, 0.05) is 31.0 Å². The van der Waals surface area contributed by atoms with E-state index in [9.17, 15) is 14.0 Å². The Balaban J connectivity index is 1.67. The van der Waals surface area contributed by atoms with Gasteiger partial charge in [-0.25, -0.2) is 4.39 Å². The summed E-state index contributed by atoms with van der Waals surface area (Å²) in [7, 11) is 6.19. The van der Waals surface area contributed by atoms with E-state index in [1.54, 1.807) is 6.07 Å². The molecular formula is C23H32FN5O2+2. The lowest BCUT2D eigenvalue weighted by Crippen LogP contribution is -3.27. The van der Waals surface area contributed by atoms with E-state index in [-0.39, 0.29) is 11.7 Å². The van der Waals surface area contributed by atoms with E-state index < -0.39 is 17.6 Å². The van der Waals surface area contributed by atoms with Gasteiger partial charge >= 0.3 is 11.8 Å². The summed E-state index contributed by atoms with van der Waals surface area (Å²) < 4.78 is 13.3. The fourth-order valence-corrected chi connectivity index (χ4v) is 3.88. The van der Waals surface area contributed by atoms with Gasteiger partial charge in [-0.2, -0.15) is 0 Å². The Kier molecular flexibility index (Phi) is 7.59. The van der Waals surface area contributed by atoms with Crippen molar-refractivity contribution >= 4 is 23.2 Å². The quantitative estimate of drug-likeness (QED) is 0.450. The molecule has 1 atom stereocenters. The molecule has 0 aromatic heterocycles. The van der Waals surface area contributed by atoms with E-state index in [1.165, 1.54) is 28.0 Å². The standard InChI is InChI=1S/C23H30FN5O2/c1-27(2)20-9-7-17(8-10-20)21(29-13-11-28(3)12-14-29)16-25-22(30)23(31)26-19-6-4-5-18(24)15-19/h4-10,15,21H,11-14,16H2,1-3H3,(H,25,30)(H,26,31)/p+2/t21-/m0/s1. The van der Waals surface area contributed by atoms with Crippen LogP contribution in [0.5, 0.6) is 0 Å². The van der Waals surface area contributed by atoms with E-state index in [2.05, 4.69) is 41.9 Å². The molecule has 1 fully saturated rings. The van der Waals surface area contributed by atoms with Crippen LogP contribution in [0.3, 0.4) is 0 Å². The average molecular weight is 430 g/mol. The Bertz CT molecular complexity index is 895. The summed E-state index contributed by atoms with van der Waals surface area (Å²) in [6, 6.07) is 13.9. The number of carbonyl (C=O) groups excluding carboxylic acids is 2. The second kappa shape index (κ2) is 10.4. The number of amides is 2. The molecule has 1 saturated heterocycles. The largest absolute Gasteiger partial charge is 0.378 e. The first-order chi connectivity index (χ1) is 14.8. The SMILES string of the molecule is CN(C)c1ccc([C@H](CNC(=O)C(=O)Nc2cccc(F)c2)[NH+]2CC[NH+](C)CC2)cc1. The molecule has 0 bridgehead atoms. The molecule has 3 rings (SSSR count). The minimum absolute atomic E-state index is 0.0511. The molecule has 1 aliphatic heterocycles. The van der Waals surface area contributed by atoms with Crippen molar-refractivity contribution < 1.29 is 23.8 Å². The van der Waals surface area contributed by atoms with Crippen LogP contribution in [0.4, 0.5) is 15.8 Å². The van der Waals surface area contributed by atoms with Crippen LogP contribution in [0, 0.1) is 5.82 Å². The van der Waals surface area contributed by atoms with Gasteiger partial charge in [-0.3, -0.25) is 9.59 Å². The Morgan fingerprint density at radius 1 is 1.03 bits per heavy atom. The number of anilines is 2. The van der Waals surface area contributed by atoms with Gasteiger partial charge in [0.25, 0.3) is 0 Å². The number of carbonyl (C=O) groups is 2. The highest BCUT2D eigenvalue weighted by molar-refractivity contribution is 6.39. The van der Waals surface area contributed by atoms with E-state index in [0.29, 0.717) is 6.54 Å². The lowest BCUT2D eigenvalue weighted by molar-refractivity contribution is -1.02. The van der Waals surface area contributed by atoms with Gasteiger partial charge in [0.1, 0.15) is 38.0 Å². The number of likely N-dealkylation sites (N-methyl/N-ethyl adjacent to an activating group) is 1. The lowest BCUT2D eigenvalue weighted by atomic mass is 10.0. The molecule has 166 valence electrons. The lowest BCUT2D eigenvalue weighted by Gasteiger charge is -2.33. The smallest absolute Gasteiger partial charge is 0.313 e. The molecular weight excluding hydrogens is 397 g/mol. The molecule has 7 nitrogen and oxygen atoms in total. The third-order valence-corrected chi connectivity index (χ3v) is 5.81. The predicted molar refractivity (Wildman–Crippen MR) is 119 cm³/mol. The maximum atomic E-state index is 13.3. The molecule has 8 heteroatoms. The third kappa shape index (κ3) is 6.26. The van der Waals surface area contributed by atoms with E-state index in [0.717, 1.165) is 37.4 Å². The van der Waals surface area contributed by atoms with Crippen LogP contribution in [-0.2, 0) is 9.59 Å². The van der Waals surface area contributed by atoms with Crippen molar-refractivity contribution in [1.82, 2.24) is 5.32 Å². The number of hydrogen-bond donors (Lipinski definition) is 4. The van der Waals surface area contributed by atoms with Gasteiger partial charge in [-0.05, 0) is 30.3 Å². The highest BCUT2D eigenvalue weighted by Gasteiger charge is 2.30. The number of benzene rings is 2. The molecule has 1 aliphatic rings. The molecule has 2 aromatic carbocycles. The van der Waals surface area contributed by atoms with Crippen LogP contribution in [0.25, 0.3) is 0 Å². The summed E-state index contributed by atoms with van der Waals surface area (Å²) in [5, 5.41) is 5.22. The normalized spacial score (nSPS) is 19.4. The van der Waals surface area contributed by atoms with Gasteiger partial charge in [0.15, 0.2) is 0 Å². The molecule has 0 saturated carbocycles. The second-order valence-electron chi connectivity index (χ2n) is 8.33. The third-order valence-electron chi connectivity index (χ3n) is 5.81. The Morgan fingerprint density at radius 3 is 2.32 bits per heavy atom. The van der Waals surface area contributed by atoms with Gasteiger partial charge in [0.2, 0.25) is 0 Å². The van der Waals surface area contributed by atoms with Crippen LogP contribution in [0.1, 0.15) is 11.6 Å². The van der Waals surface area contributed by atoms with Crippen molar-refractivity contribution in [3.05, 3.63) is 59.9 Å². The van der Waals surface area contributed by atoms with E-state index in [4.69, 9.17) is 0 Å². The summed E-state index contributed by atoms with van der Waals surface area (Å²) in [6.07, 6.45) is 0. The first kappa shape index (κ1) is 22.7. The van der Waals surface area contributed by atoms with Crippen LogP contribution in [0.15, 0.2) is 48.5 Å². The summed E-state index contributed by atoms with van der Waals surface area (Å²) >= 11 is 0. The van der Waals surface area contributed by atoms with Gasteiger partial charge < -0.3 is 25.3 Å².